The fourth-order valence-corrected chi connectivity index (χ4v) is 5.26. The van der Waals surface area contributed by atoms with Crippen molar-refractivity contribution in [1.29, 1.82) is 0 Å². The average molecular weight is 550 g/mol. The lowest BCUT2D eigenvalue weighted by Crippen LogP contribution is -2.51. The molecule has 0 N–H and O–H groups in total. The highest BCUT2D eigenvalue weighted by atomic mass is 32.3. The summed E-state index contributed by atoms with van der Waals surface area (Å²) >= 11 is 0. The van der Waals surface area contributed by atoms with E-state index in [-0.39, 0.29) is 0 Å². The zero-order chi connectivity index (χ0) is 26.6. The number of hydrogen-bond donors (Lipinski definition) is 0. The van der Waals surface area contributed by atoms with Crippen molar-refractivity contribution in [3.8, 4) is 0 Å². The van der Waals surface area contributed by atoms with Crippen LogP contribution in [0.25, 0.3) is 4.13 Å². The van der Waals surface area contributed by atoms with E-state index in [9.17, 15) is 60.7 Å². The number of alkyl halides is 10. The number of sulfonamides is 2. The van der Waals surface area contributed by atoms with Crippen LogP contribution in [0.4, 0.5) is 43.9 Å². The van der Waals surface area contributed by atoms with E-state index in [1.54, 1.807) is 0 Å². The van der Waals surface area contributed by atoms with Gasteiger partial charge in [-0.15, -0.1) is 0 Å². The van der Waals surface area contributed by atoms with E-state index >= 15 is 0 Å². The van der Waals surface area contributed by atoms with Crippen LogP contribution >= 0.6 is 0 Å². The lowest BCUT2D eigenvalue weighted by Gasteiger charge is -2.40. The van der Waals surface area contributed by atoms with Gasteiger partial charge >= 0.3 is 22.9 Å². The molecule has 0 aromatic heterocycles. The molecule has 0 atom stereocenters. The fraction of sp³-hybridized carbons (Fsp3) is 1.00. The minimum Gasteiger partial charge on any atom is -0.425 e. The van der Waals surface area contributed by atoms with Crippen LogP contribution in [0.2, 0.25) is 0 Å². The molecule has 0 saturated carbocycles. The fourth-order valence-electron chi connectivity index (χ4n) is 2.89. The van der Waals surface area contributed by atoms with E-state index in [2.05, 4.69) is 13.8 Å². The second-order valence-electron chi connectivity index (χ2n) is 7.30. The molecule has 0 bridgehead atoms. The maximum atomic E-state index is 12.3. The number of likely N-dealkylation sites (tertiary alicyclic amines) is 1. The maximum Gasteiger partial charge on any atom is 0.467 e. The molecule has 0 aromatic carbocycles. The van der Waals surface area contributed by atoms with Gasteiger partial charge in [-0.25, -0.2) is 16.8 Å². The van der Waals surface area contributed by atoms with Gasteiger partial charge < -0.3 is 8.61 Å². The number of rotatable bonds is 8. The van der Waals surface area contributed by atoms with Gasteiger partial charge in [0.15, 0.2) is 20.0 Å². The van der Waals surface area contributed by atoms with Crippen molar-refractivity contribution in [2.45, 2.75) is 68.8 Å². The molecule has 1 saturated heterocycles. The minimum atomic E-state index is -7.62. The van der Waals surface area contributed by atoms with Crippen LogP contribution in [-0.2, 0) is 20.0 Å². The van der Waals surface area contributed by atoms with Gasteiger partial charge in [-0.2, -0.15) is 43.9 Å². The summed E-state index contributed by atoms with van der Waals surface area (Å²) in [6.45, 7) is 10.4. The Hall–Kier alpha value is -0.880. The van der Waals surface area contributed by atoms with Crippen LogP contribution in [0.1, 0.15) is 46.0 Å². The number of hydrogen-bond acceptors (Lipinski definition) is 4. The molecule has 0 radical (unpaired) electrons. The van der Waals surface area contributed by atoms with Gasteiger partial charge in [0, 0.05) is 0 Å². The van der Waals surface area contributed by atoms with Gasteiger partial charge in [-0.3, -0.25) is 0 Å². The molecule has 33 heavy (non-hydrogen) atoms. The number of quaternary nitrogens is 1. The smallest absolute Gasteiger partial charge is 0.425 e. The van der Waals surface area contributed by atoms with Crippen LogP contribution in [-0.4, -0.2) is 70.4 Å². The van der Waals surface area contributed by atoms with Crippen LogP contribution in [0.5, 0.6) is 0 Å². The molecule has 0 unspecified atom stereocenters. The molecular formula is C15H24F10N2O4S2. The van der Waals surface area contributed by atoms with E-state index in [0.29, 0.717) is 4.13 Å². The third kappa shape index (κ3) is 7.55. The third-order valence-electron chi connectivity index (χ3n) is 4.93. The maximum absolute atomic E-state index is 12.3. The van der Waals surface area contributed by atoms with Crippen LogP contribution < -0.4 is 0 Å². The predicted molar refractivity (Wildman–Crippen MR) is 97.4 cm³/mol. The molecule has 1 aliphatic rings. The Morgan fingerprint density at radius 2 is 1.06 bits per heavy atom. The molecule has 0 spiro atoms. The van der Waals surface area contributed by atoms with E-state index in [1.807, 2.05) is 0 Å². The first-order valence-electron chi connectivity index (χ1n) is 9.51. The Morgan fingerprint density at radius 1 is 0.697 bits per heavy atom. The van der Waals surface area contributed by atoms with Gasteiger partial charge in [0.2, 0.25) is 0 Å². The van der Waals surface area contributed by atoms with Crippen molar-refractivity contribution in [1.82, 2.24) is 0 Å². The van der Waals surface area contributed by atoms with Gasteiger partial charge in [-0.05, 0) is 32.6 Å². The summed E-state index contributed by atoms with van der Waals surface area (Å²) in [4.78, 5) is 0. The number of halogens is 10. The van der Waals surface area contributed by atoms with Crippen LogP contribution in [0, 0.1) is 0 Å². The van der Waals surface area contributed by atoms with Gasteiger partial charge in [0.05, 0.1) is 26.2 Å². The first kappa shape index (κ1) is 32.1. The molecule has 6 nitrogen and oxygen atoms in total. The van der Waals surface area contributed by atoms with Crippen molar-refractivity contribution in [2.24, 2.45) is 0 Å². The summed E-state index contributed by atoms with van der Waals surface area (Å²) in [7, 11) is -15.2. The van der Waals surface area contributed by atoms with E-state index < -0.39 is 42.9 Å². The highest BCUT2D eigenvalue weighted by Crippen LogP contribution is 2.47. The molecule has 0 amide bonds. The molecule has 0 aromatic rings. The summed E-state index contributed by atoms with van der Waals surface area (Å²) in [5, 5.41) is -14.0. The van der Waals surface area contributed by atoms with Gasteiger partial charge in [0.25, 0.3) is 0 Å². The number of unbranched alkanes of at least 4 members (excludes halogenated alkanes) is 1. The van der Waals surface area contributed by atoms with Gasteiger partial charge in [-0.1, -0.05) is 13.3 Å². The van der Waals surface area contributed by atoms with E-state index in [4.69, 9.17) is 0 Å². The summed E-state index contributed by atoms with van der Waals surface area (Å²) < 4.78 is 162. The minimum absolute atomic E-state index is 0.422. The zero-order valence-electron chi connectivity index (χ0n) is 17.5. The monoisotopic (exact) mass is 550 g/mol. The largest absolute Gasteiger partial charge is 0.467 e. The highest BCUT2D eigenvalue weighted by Gasteiger charge is 2.68. The third-order valence-corrected chi connectivity index (χ3v) is 8.25. The lowest BCUT2D eigenvalue weighted by molar-refractivity contribution is -0.931. The zero-order valence-corrected chi connectivity index (χ0v) is 19.1. The normalized spacial score (nSPS) is 18.4. The number of piperidine rings is 1. The molecule has 1 aliphatic heterocycles. The topological polar surface area (TPSA) is 82.4 Å². The summed E-state index contributed by atoms with van der Waals surface area (Å²) in [6, 6.07) is 0. The van der Waals surface area contributed by atoms with E-state index in [0.717, 1.165) is 0 Å². The highest BCUT2D eigenvalue weighted by molar-refractivity contribution is 8.13. The predicted octanol–water partition coefficient (Wildman–Crippen LogP) is 5.14. The summed E-state index contributed by atoms with van der Waals surface area (Å²) in [5.41, 5.74) is 0. The molecular weight excluding hydrogens is 526 g/mol. The SMILES string of the molecule is CCCC[N+]1(CC)CCCCC1.O=S(=O)([N-]S(=O)(=O)C(F)(F)C(F)(F)F)C(F)(F)C(F)(F)F. The Labute approximate surface area is 185 Å². The van der Waals surface area contributed by atoms with Crippen molar-refractivity contribution >= 4 is 20.0 Å². The molecule has 200 valence electrons. The molecule has 0 aliphatic carbocycles. The molecule has 1 heterocycles. The van der Waals surface area contributed by atoms with Crippen molar-refractivity contribution < 1.29 is 65.2 Å². The van der Waals surface area contributed by atoms with Crippen molar-refractivity contribution in [3.05, 3.63) is 4.13 Å². The average Bonchev–Trinajstić information content (AvgIpc) is 2.65. The molecule has 18 heteroatoms. The first-order valence-corrected chi connectivity index (χ1v) is 12.4. The standard InChI is InChI=1S/C11H24N.C4F10NO4S2/c1-3-5-9-12(4-2)10-7-6-8-11-12;5-1(6,7)3(11,12)20(16,17)15-21(18,19)4(13,14)2(8,9)10/h3-11H2,1-2H3;/q+1;-1. The molecule has 1 fully saturated rings. The molecule has 1 rings (SSSR count). The Kier molecular flexibility index (Phi) is 10.5. The summed E-state index contributed by atoms with van der Waals surface area (Å²) in [5.74, 6) is 0. The van der Waals surface area contributed by atoms with Crippen LogP contribution in [0.3, 0.4) is 0 Å². The first-order chi connectivity index (χ1) is 14.5. The van der Waals surface area contributed by atoms with Gasteiger partial charge in [0.1, 0.15) is 0 Å². The van der Waals surface area contributed by atoms with E-state index in [1.165, 1.54) is 62.8 Å². The Balaban J connectivity index is 0.000000716. The second-order valence-corrected chi connectivity index (χ2v) is 10.8. The Morgan fingerprint density at radius 3 is 1.33 bits per heavy atom. The lowest BCUT2D eigenvalue weighted by atomic mass is 10.1. The summed E-state index contributed by atoms with van der Waals surface area (Å²) in [6.07, 6.45) is -6.80. The number of nitrogens with zero attached hydrogens (tertiary/aromatic N) is 2. The quantitative estimate of drug-likeness (QED) is 0.310. The van der Waals surface area contributed by atoms with Crippen molar-refractivity contribution in [2.75, 3.05) is 26.2 Å². The Bertz CT molecular complexity index is 780. The van der Waals surface area contributed by atoms with Crippen molar-refractivity contribution in [3.63, 3.8) is 0 Å². The second kappa shape index (κ2) is 10.8. The van der Waals surface area contributed by atoms with Crippen LogP contribution in [0.15, 0.2) is 0 Å².